The van der Waals surface area contributed by atoms with Crippen LogP contribution in [0.4, 0.5) is 4.39 Å². The van der Waals surface area contributed by atoms with Gasteiger partial charge in [0.1, 0.15) is 11.6 Å². The Kier molecular flexibility index (Phi) is 5.90. The van der Waals surface area contributed by atoms with E-state index in [-0.39, 0.29) is 5.82 Å². The van der Waals surface area contributed by atoms with Gasteiger partial charge in [0.15, 0.2) is 5.16 Å². The number of primary amides is 1. The van der Waals surface area contributed by atoms with Crippen molar-refractivity contribution in [1.82, 2.24) is 14.8 Å². The van der Waals surface area contributed by atoms with Crippen LogP contribution in [-0.2, 0) is 12.2 Å². The lowest BCUT2D eigenvalue weighted by Crippen LogP contribution is -2.10. The predicted octanol–water partition coefficient (Wildman–Crippen LogP) is 4.39. The minimum atomic E-state index is -0.448. The highest BCUT2D eigenvalue weighted by atomic mass is 32.2. The average molecular weight is 418 g/mol. The molecule has 2 N–H and O–H groups in total. The van der Waals surface area contributed by atoms with Crippen molar-refractivity contribution < 1.29 is 9.18 Å². The second-order valence-electron chi connectivity index (χ2n) is 6.72. The first-order chi connectivity index (χ1) is 14.6. The maximum atomic E-state index is 13.5. The normalized spacial score (nSPS) is 10.8. The van der Waals surface area contributed by atoms with E-state index < -0.39 is 5.91 Å². The van der Waals surface area contributed by atoms with Crippen LogP contribution in [-0.4, -0.2) is 20.7 Å². The Balaban J connectivity index is 1.61. The van der Waals surface area contributed by atoms with E-state index in [9.17, 15) is 9.18 Å². The van der Waals surface area contributed by atoms with Crippen molar-refractivity contribution in [3.05, 3.63) is 107 Å². The standard InChI is InChI=1S/C23H19FN4OS/c24-19-10-12-20(13-11-19)28-21(14-16-4-2-1-3-5-16)26-27-23(28)30-15-17-6-8-18(9-7-17)22(25)29/h1-13H,14-15H2,(H2,25,29). The first kappa shape index (κ1) is 19.8. The van der Waals surface area contributed by atoms with Crippen LogP contribution >= 0.6 is 11.8 Å². The van der Waals surface area contributed by atoms with Gasteiger partial charge in [-0.2, -0.15) is 0 Å². The smallest absolute Gasteiger partial charge is 0.248 e. The molecule has 0 bridgehead atoms. The van der Waals surface area contributed by atoms with Gasteiger partial charge >= 0.3 is 0 Å². The fourth-order valence-corrected chi connectivity index (χ4v) is 3.98. The molecule has 0 fully saturated rings. The number of hydrogen-bond acceptors (Lipinski definition) is 4. The molecule has 1 heterocycles. The van der Waals surface area contributed by atoms with Crippen molar-refractivity contribution in [3.8, 4) is 5.69 Å². The molecule has 4 aromatic rings. The number of rotatable bonds is 7. The maximum Gasteiger partial charge on any atom is 0.248 e. The number of amides is 1. The fourth-order valence-electron chi connectivity index (χ4n) is 3.05. The number of carbonyl (C=O) groups is 1. The largest absolute Gasteiger partial charge is 0.366 e. The summed E-state index contributed by atoms with van der Waals surface area (Å²) in [4.78, 5) is 11.2. The average Bonchev–Trinajstić information content (AvgIpc) is 3.16. The predicted molar refractivity (Wildman–Crippen MR) is 115 cm³/mol. The van der Waals surface area contributed by atoms with E-state index >= 15 is 0 Å². The van der Waals surface area contributed by atoms with Crippen LogP contribution in [0.25, 0.3) is 5.69 Å². The summed E-state index contributed by atoms with van der Waals surface area (Å²) in [5, 5.41) is 9.49. The molecule has 0 aliphatic carbocycles. The third kappa shape index (κ3) is 4.58. The van der Waals surface area contributed by atoms with Crippen LogP contribution in [0.15, 0.2) is 84.0 Å². The van der Waals surface area contributed by atoms with Gasteiger partial charge in [0.25, 0.3) is 0 Å². The summed E-state index contributed by atoms with van der Waals surface area (Å²) in [5.74, 6) is 0.680. The molecular formula is C23H19FN4OS. The molecule has 0 unspecified atom stereocenters. The maximum absolute atomic E-state index is 13.5. The first-order valence-corrected chi connectivity index (χ1v) is 10.3. The number of hydrogen-bond donors (Lipinski definition) is 1. The second kappa shape index (κ2) is 8.92. The highest BCUT2D eigenvalue weighted by Gasteiger charge is 2.15. The van der Waals surface area contributed by atoms with Gasteiger partial charge in [0, 0.05) is 23.4 Å². The van der Waals surface area contributed by atoms with Gasteiger partial charge < -0.3 is 5.73 Å². The van der Waals surface area contributed by atoms with E-state index in [2.05, 4.69) is 10.2 Å². The summed E-state index contributed by atoms with van der Waals surface area (Å²) in [7, 11) is 0. The molecule has 1 amide bonds. The quantitative estimate of drug-likeness (QED) is 0.452. The number of aromatic nitrogens is 3. The number of nitrogens with zero attached hydrogens (tertiary/aromatic N) is 3. The first-order valence-electron chi connectivity index (χ1n) is 9.36. The van der Waals surface area contributed by atoms with E-state index in [1.54, 1.807) is 24.3 Å². The molecule has 30 heavy (non-hydrogen) atoms. The molecule has 150 valence electrons. The lowest BCUT2D eigenvalue weighted by molar-refractivity contribution is 0.100. The molecule has 0 saturated carbocycles. The van der Waals surface area contributed by atoms with E-state index in [1.165, 1.54) is 23.9 Å². The van der Waals surface area contributed by atoms with Crippen LogP contribution in [0.5, 0.6) is 0 Å². The Labute approximate surface area is 177 Å². The fraction of sp³-hybridized carbons (Fsp3) is 0.0870. The number of halogens is 1. The summed E-state index contributed by atoms with van der Waals surface area (Å²) < 4.78 is 15.4. The SMILES string of the molecule is NC(=O)c1ccc(CSc2nnc(Cc3ccccc3)n2-c2ccc(F)cc2)cc1. The molecule has 4 rings (SSSR count). The van der Waals surface area contributed by atoms with E-state index in [4.69, 9.17) is 5.73 Å². The topological polar surface area (TPSA) is 73.8 Å². The van der Waals surface area contributed by atoms with Crippen molar-refractivity contribution in [2.45, 2.75) is 17.3 Å². The van der Waals surface area contributed by atoms with Gasteiger partial charge in [0.05, 0.1) is 0 Å². The molecule has 7 heteroatoms. The summed E-state index contributed by atoms with van der Waals surface area (Å²) in [6, 6.07) is 23.5. The summed E-state index contributed by atoms with van der Waals surface area (Å²) >= 11 is 1.52. The molecule has 1 aromatic heterocycles. The molecule has 0 atom stereocenters. The number of thioether (sulfide) groups is 1. The van der Waals surface area contributed by atoms with Gasteiger partial charge in [-0.1, -0.05) is 54.2 Å². The molecule has 0 aliphatic heterocycles. The Hall–Kier alpha value is -3.45. The lowest BCUT2D eigenvalue weighted by Gasteiger charge is -2.10. The zero-order valence-electron chi connectivity index (χ0n) is 16.0. The van der Waals surface area contributed by atoms with E-state index in [0.717, 1.165) is 22.6 Å². The Morgan fingerprint density at radius 3 is 2.27 bits per heavy atom. The van der Waals surface area contributed by atoms with E-state index in [1.807, 2.05) is 47.0 Å². The molecule has 0 radical (unpaired) electrons. The summed E-state index contributed by atoms with van der Waals surface area (Å²) in [6.45, 7) is 0. The molecule has 0 aliphatic rings. The Bertz CT molecular complexity index is 1140. The van der Waals surface area contributed by atoms with Gasteiger partial charge in [-0.15, -0.1) is 10.2 Å². The lowest BCUT2D eigenvalue weighted by atomic mass is 10.1. The Morgan fingerprint density at radius 1 is 0.900 bits per heavy atom. The molecule has 5 nitrogen and oxygen atoms in total. The summed E-state index contributed by atoms with van der Waals surface area (Å²) in [6.07, 6.45) is 0.610. The van der Waals surface area contributed by atoms with Crippen LogP contribution in [0.2, 0.25) is 0 Å². The van der Waals surface area contributed by atoms with Crippen LogP contribution in [0.3, 0.4) is 0 Å². The van der Waals surface area contributed by atoms with Crippen molar-refractivity contribution in [3.63, 3.8) is 0 Å². The third-order valence-corrected chi connectivity index (χ3v) is 5.60. The second-order valence-corrected chi connectivity index (χ2v) is 7.67. The van der Waals surface area contributed by atoms with Gasteiger partial charge in [-0.3, -0.25) is 9.36 Å². The zero-order valence-corrected chi connectivity index (χ0v) is 16.8. The summed E-state index contributed by atoms with van der Waals surface area (Å²) in [5.41, 5.74) is 8.73. The minimum Gasteiger partial charge on any atom is -0.366 e. The van der Waals surface area contributed by atoms with E-state index in [0.29, 0.717) is 22.9 Å². The minimum absolute atomic E-state index is 0.292. The Morgan fingerprint density at radius 2 is 1.60 bits per heavy atom. The number of nitrogens with two attached hydrogens (primary N) is 1. The van der Waals surface area contributed by atoms with Crippen LogP contribution in [0, 0.1) is 5.82 Å². The van der Waals surface area contributed by atoms with Crippen molar-refractivity contribution in [1.29, 1.82) is 0 Å². The van der Waals surface area contributed by atoms with Crippen molar-refractivity contribution >= 4 is 17.7 Å². The molecule has 3 aromatic carbocycles. The van der Waals surface area contributed by atoms with Crippen molar-refractivity contribution in [2.24, 2.45) is 5.73 Å². The van der Waals surface area contributed by atoms with Gasteiger partial charge in [0.2, 0.25) is 5.91 Å². The number of carbonyl (C=O) groups excluding carboxylic acids is 1. The van der Waals surface area contributed by atoms with Crippen molar-refractivity contribution in [2.75, 3.05) is 0 Å². The third-order valence-electron chi connectivity index (χ3n) is 4.60. The van der Waals surface area contributed by atoms with Gasteiger partial charge in [-0.05, 0) is 47.5 Å². The number of benzene rings is 3. The van der Waals surface area contributed by atoms with Crippen LogP contribution < -0.4 is 5.73 Å². The molecule has 0 saturated heterocycles. The zero-order chi connectivity index (χ0) is 20.9. The van der Waals surface area contributed by atoms with Crippen LogP contribution in [0.1, 0.15) is 27.3 Å². The highest BCUT2D eigenvalue weighted by molar-refractivity contribution is 7.98. The monoisotopic (exact) mass is 418 g/mol. The molecular weight excluding hydrogens is 399 g/mol. The highest BCUT2D eigenvalue weighted by Crippen LogP contribution is 2.26. The molecule has 0 spiro atoms. The van der Waals surface area contributed by atoms with Gasteiger partial charge in [-0.25, -0.2) is 4.39 Å².